The molecule has 56 valence electrons. The molecule has 0 atom stereocenters. The molecule has 0 aromatic heterocycles. The van der Waals surface area contributed by atoms with Gasteiger partial charge in [-0.2, -0.15) is 0 Å². The standard InChI is InChI=1S/C5H12F2N2/c6-5(7,4-9)2-1-3-8/h1-4,8-9H2. The van der Waals surface area contributed by atoms with Gasteiger partial charge in [0, 0.05) is 6.42 Å². The van der Waals surface area contributed by atoms with Gasteiger partial charge in [0.15, 0.2) is 0 Å². The van der Waals surface area contributed by atoms with Crippen molar-refractivity contribution in [2.45, 2.75) is 18.8 Å². The molecular formula is C5H12F2N2. The van der Waals surface area contributed by atoms with E-state index >= 15 is 0 Å². The molecule has 0 saturated carbocycles. The van der Waals surface area contributed by atoms with Gasteiger partial charge in [-0.3, -0.25) is 0 Å². The molecule has 2 nitrogen and oxygen atoms in total. The Kier molecular flexibility index (Phi) is 3.65. The zero-order valence-electron chi connectivity index (χ0n) is 5.24. The Morgan fingerprint density at radius 1 is 1.22 bits per heavy atom. The van der Waals surface area contributed by atoms with Crippen LogP contribution in [0, 0.1) is 0 Å². The lowest BCUT2D eigenvalue weighted by Crippen LogP contribution is -2.28. The van der Waals surface area contributed by atoms with Gasteiger partial charge in [0.25, 0.3) is 5.92 Å². The van der Waals surface area contributed by atoms with Crippen molar-refractivity contribution < 1.29 is 8.78 Å². The smallest absolute Gasteiger partial charge is 0.260 e. The Morgan fingerprint density at radius 2 is 1.78 bits per heavy atom. The van der Waals surface area contributed by atoms with Crippen molar-refractivity contribution in [3.05, 3.63) is 0 Å². The number of halogens is 2. The van der Waals surface area contributed by atoms with Crippen molar-refractivity contribution in [1.82, 2.24) is 0 Å². The third kappa shape index (κ3) is 4.29. The molecule has 4 N–H and O–H groups in total. The number of hydrogen-bond acceptors (Lipinski definition) is 2. The maximum atomic E-state index is 12.2. The molecule has 0 aliphatic heterocycles. The highest BCUT2D eigenvalue weighted by molar-refractivity contribution is 4.66. The number of hydrogen-bond donors (Lipinski definition) is 2. The Labute approximate surface area is 53.2 Å². The topological polar surface area (TPSA) is 52.0 Å². The van der Waals surface area contributed by atoms with Crippen LogP contribution in [0.3, 0.4) is 0 Å². The minimum absolute atomic E-state index is 0.194. The molecule has 4 heteroatoms. The van der Waals surface area contributed by atoms with Gasteiger partial charge in [0.2, 0.25) is 0 Å². The van der Waals surface area contributed by atoms with Crippen LogP contribution in [-0.2, 0) is 0 Å². The lowest BCUT2D eigenvalue weighted by atomic mass is 10.2. The Hall–Kier alpha value is -0.220. The van der Waals surface area contributed by atoms with E-state index in [4.69, 9.17) is 11.5 Å². The van der Waals surface area contributed by atoms with E-state index in [1.54, 1.807) is 0 Å². The summed E-state index contributed by atoms with van der Waals surface area (Å²) in [4.78, 5) is 0. The maximum absolute atomic E-state index is 12.2. The van der Waals surface area contributed by atoms with Gasteiger partial charge < -0.3 is 11.5 Å². The molecule has 0 fully saturated rings. The normalized spacial score (nSPS) is 12.0. The zero-order chi connectivity index (χ0) is 7.33. The van der Waals surface area contributed by atoms with Gasteiger partial charge in [-0.05, 0) is 13.0 Å². The quantitative estimate of drug-likeness (QED) is 0.587. The molecule has 0 saturated heterocycles. The van der Waals surface area contributed by atoms with Gasteiger partial charge in [-0.1, -0.05) is 0 Å². The highest BCUT2D eigenvalue weighted by atomic mass is 19.3. The Balaban J connectivity index is 3.33. The molecular weight excluding hydrogens is 126 g/mol. The average molecular weight is 138 g/mol. The van der Waals surface area contributed by atoms with E-state index in [1.807, 2.05) is 0 Å². The number of rotatable bonds is 4. The van der Waals surface area contributed by atoms with Gasteiger partial charge in [0.05, 0.1) is 6.54 Å². The first-order valence-electron chi connectivity index (χ1n) is 2.90. The highest BCUT2D eigenvalue weighted by Gasteiger charge is 2.24. The van der Waals surface area contributed by atoms with Crippen LogP contribution in [-0.4, -0.2) is 19.0 Å². The third-order valence-electron chi connectivity index (χ3n) is 1.05. The molecule has 0 aliphatic carbocycles. The van der Waals surface area contributed by atoms with E-state index in [0.29, 0.717) is 13.0 Å². The molecule has 0 bridgehead atoms. The number of alkyl halides is 2. The summed E-state index contributed by atoms with van der Waals surface area (Å²) < 4.78 is 24.3. The first-order chi connectivity index (χ1) is 4.12. The van der Waals surface area contributed by atoms with Crippen LogP contribution >= 0.6 is 0 Å². The molecule has 0 spiro atoms. The van der Waals surface area contributed by atoms with Gasteiger partial charge >= 0.3 is 0 Å². The predicted octanol–water partition coefficient (Wildman–Crippen LogP) is 0.319. The van der Waals surface area contributed by atoms with Crippen molar-refractivity contribution in [2.75, 3.05) is 13.1 Å². The summed E-state index contributed by atoms with van der Waals surface area (Å²) in [6.07, 6.45) is 0.143. The Morgan fingerprint density at radius 3 is 2.11 bits per heavy atom. The maximum Gasteiger partial charge on any atom is 0.260 e. The second-order valence-corrected chi connectivity index (χ2v) is 1.95. The van der Waals surface area contributed by atoms with Crippen LogP contribution in [0.25, 0.3) is 0 Å². The van der Waals surface area contributed by atoms with Crippen molar-refractivity contribution in [3.8, 4) is 0 Å². The van der Waals surface area contributed by atoms with Crippen LogP contribution in [0.1, 0.15) is 12.8 Å². The molecule has 0 radical (unpaired) electrons. The summed E-state index contributed by atoms with van der Waals surface area (Å²) in [5, 5.41) is 0. The lowest BCUT2D eigenvalue weighted by molar-refractivity contribution is 0.000873. The fraction of sp³-hybridized carbons (Fsp3) is 1.00. The average Bonchev–Trinajstić information content (AvgIpc) is 1.84. The van der Waals surface area contributed by atoms with Crippen LogP contribution in [0.15, 0.2) is 0 Å². The SMILES string of the molecule is NCCCC(F)(F)CN. The third-order valence-corrected chi connectivity index (χ3v) is 1.05. The summed E-state index contributed by atoms with van der Waals surface area (Å²) in [6.45, 7) is -0.275. The lowest BCUT2D eigenvalue weighted by Gasteiger charge is -2.11. The zero-order valence-corrected chi connectivity index (χ0v) is 5.24. The summed E-state index contributed by atoms with van der Waals surface area (Å²) in [5.41, 5.74) is 9.77. The summed E-state index contributed by atoms with van der Waals surface area (Å²) in [5.74, 6) is -2.71. The summed E-state index contributed by atoms with van der Waals surface area (Å²) >= 11 is 0. The van der Waals surface area contributed by atoms with E-state index in [9.17, 15) is 8.78 Å². The fourth-order valence-corrected chi connectivity index (χ4v) is 0.463. The molecule has 0 rings (SSSR count). The largest absolute Gasteiger partial charge is 0.330 e. The summed E-state index contributed by atoms with van der Waals surface area (Å²) in [7, 11) is 0. The molecule has 0 heterocycles. The first kappa shape index (κ1) is 8.78. The molecule has 0 aliphatic rings. The Bertz CT molecular complexity index is 75.4. The second kappa shape index (κ2) is 3.74. The molecule has 0 amide bonds. The molecule has 9 heavy (non-hydrogen) atoms. The van der Waals surface area contributed by atoms with Crippen LogP contribution in [0.5, 0.6) is 0 Å². The van der Waals surface area contributed by atoms with E-state index < -0.39 is 12.5 Å². The second-order valence-electron chi connectivity index (χ2n) is 1.95. The van der Waals surface area contributed by atoms with Crippen LogP contribution in [0.4, 0.5) is 8.78 Å². The fourth-order valence-electron chi connectivity index (χ4n) is 0.463. The minimum atomic E-state index is -2.71. The monoisotopic (exact) mass is 138 g/mol. The molecule has 0 aromatic rings. The highest BCUT2D eigenvalue weighted by Crippen LogP contribution is 2.17. The predicted molar refractivity (Wildman–Crippen MR) is 32.3 cm³/mol. The van der Waals surface area contributed by atoms with E-state index in [0.717, 1.165) is 0 Å². The van der Waals surface area contributed by atoms with Gasteiger partial charge in [0.1, 0.15) is 0 Å². The first-order valence-corrected chi connectivity index (χ1v) is 2.90. The number of nitrogens with two attached hydrogens (primary N) is 2. The van der Waals surface area contributed by atoms with Crippen molar-refractivity contribution >= 4 is 0 Å². The van der Waals surface area contributed by atoms with E-state index in [2.05, 4.69) is 0 Å². The molecule has 0 unspecified atom stereocenters. The van der Waals surface area contributed by atoms with Crippen molar-refractivity contribution in [1.29, 1.82) is 0 Å². The van der Waals surface area contributed by atoms with Crippen LogP contribution in [0.2, 0.25) is 0 Å². The van der Waals surface area contributed by atoms with E-state index in [1.165, 1.54) is 0 Å². The van der Waals surface area contributed by atoms with Crippen molar-refractivity contribution in [3.63, 3.8) is 0 Å². The van der Waals surface area contributed by atoms with Crippen molar-refractivity contribution in [2.24, 2.45) is 11.5 Å². The summed E-state index contributed by atoms with van der Waals surface area (Å²) in [6, 6.07) is 0. The van der Waals surface area contributed by atoms with Gasteiger partial charge in [-0.15, -0.1) is 0 Å². The molecule has 0 aromatic carbocycles. The van der Waals surface area contributed by atoms with Gasteiger partial charge in [-0.25, -0.2) is 8.78 Å². The minimum Gasteiger partial charge on any atom is -0.330 e. The van der Waals surface area contributed by atoms with Crippen LogP contribution < -0.4 is 11.5 Å². The van der Waals surface area contributed by atoms with E-state index in [-0.39, 0.29) is 6.42 Å².